The molecular formula is C20H17BrN2O3. The zero-order valence-electron chi connectivity index (χ0n) is 14.5. The summed E-state index contributed by atoms with van der Waals surface area (Å²) in [5.41, 5.74) is 4.12. The second-order valence-corrected chi connectivity index (χ2v) is 6.99. The summed E-state index contributed by atoms with van der Waals surface area (Å²) in [6, 6.07) is 9.48. The van der Waals surface area contributed by atoms with Crippen LogP contribution in [0.2, 0.25) is 0 Å². The molecular weight excluding hydrogens is 396 g/mol. The zero-order chi connectivity index (χ0) is 18.3. The molecule has 0 N–H and O–H groups in total. The lowest BCUT2D eigenvalue weighted by atomic mass is 10.1. The lowest BCUT2D eigenvalue weighted by Gasteiger charge is -2.11. The van der Waals surface area contributed by atoms with Crippen LogP contribution in [0.4, 0.5) is 0 Å². The van der Waals surface area contributed by atoms with Crippen molar-refractivity contribution in [3.63, 3.8) is 0 Å². The quantitative estimate of drug-likeness (QED) is 0.653. The first-order valence-electron chi connectivity index (χ1n) is 8.25. The molecule has 1 aromatic carbocycles. The van der Waals surface area contributed by atoms with Crippen LogP contribution in [0, 0.1) is 0 Å². The van der Waals surface area contributed by atoms with Gasteiger partial charge in [-0.3, -0.25) is 9.20 Å². The molecule has 4 rings (SSSR count). The van der Waals surface area contributed by atoms with Crippen LogP contribution < -0.4 is 15.0 Å². The van der Waals surface area contributed by atoms with E-state index in [2.05, 4.69) is 15.9 Å². The third-order valence-corrected chi connectivity index (χ3v) is 5.06. The molecule has 2 aromatic heterocycles. The van der Waals surface area contributed by atoms with Crippen LogP contribution >= 0.6 is 15.9 Å². The number of ether oxygens (including phenoxy) is 2. The topological polar surface area (TPSA) is 52.8 Å². The highest BCUT2D eigenvalue weighted by molar-refractivity contribution is 9.10. The van der Waals surface area contributed by atoms with E-state index in [4.69, 9.17) is 14.5 Å². The summed E-state index contributed by atoms with van der Waals surface area (Å²) >= 11 is 3.41. The third kappa shape index (κ3) is 2.70. The number of rotatable bonds is 3. The molecule has 0 fully saturated rings. The number of halogens is 1. The minimum absolute atomic E-state index is 0.00712. The highest BCUT2D eigenvalue weighted by atomic mass is 79.9. The lowest BCUT2D eigenvalue weighted by molar-refractivity contribution is 0.354. The summed E-state index contributed by atoms with van der Waals surface area (Å²) in [6.45, 7) is 0. The van der Waals surface area contributed by atoms with E-state index < -0.39 is 0 Å². The molecule has 132 valence electrons. The maximum Gasteiger partial charge on any atom is 0.261 e. The molecule has 0 atom stereocenters. The Labute approximate surface area is 159 Å². The summed E-state index contributed by atoms with van der Waals surface area (Å²) in [5, 5.41) is 0. The predicted molar refractivity (Wildman–Crippen MR) is 105 cm³/mol. The number of nitrogens with zero attached hydrogens (tertiary/aromatic N) is 2. The van der Waals surface area contributed by atoms with Crippen LogP contribution in [0.3, 0.4) is 0 Å². The Morgan fingerprint density at radius 2 is 2.00 bits per heavy atom. The fourth-order valence-electron chi connectivity index (χ4n) is 3.37. The van der Waals surface area contributed by atoms with Crippen LogP contribution in [-0.2, 0) is 6.42 Å². The van der Waals surface area contributed by atoms with Crippen LogP contribution in [-0.4, -0.2) is 23.6 Å². The summed E-state index contributed by atoms with van der Waals surface area (Å²) in [6.07, 6.45) is 5.26. The Morgan fingerprint density at radius 3 is 2.77 bits per heavy atom. The summed E-state index contributed by atoms with van der Waals surface area (Å²) in [7, 11) is 3.24. The van der Waals surface area contributed by atoms with Gasteiger partial charge in [0, 0.05) is 21.8 Å². The smallest absolute Gasteiger partial charge is 0.261 e. The van der Waals surface area contributed by atoms with Crippen LogP contribution in [0.25, 0.3) is 17.3 Å². The third-order valence-electron chi connectivity index (χ3n) is 4.59. The first-order chi connectivity index (χ1) is 12.6. The molecule has 0 aliphatic heterocycles. The van der Waals surface area contributed by atoms with Gasteiger partial charge in [-0.25, -0.2) is 4.98 Å². The first kappa shape index (κ1) is 16.8. The van der Waals surface area contributed by atoms with Gasteiger partial charge in [0.15, 0.2) is 11.5 Å². The van der Waals surface area contributed by atoms with Crippen LogP contribution in [0.1, 0.15) is 23.2 Å². The van der Waals surface area contributed by atoms with Gasteiger partial charge in [-0.05, 0) is 58.6 Å². The first-order valence-corrected chi connectivity index (χ1v) is 9.04. The number of hydrogen-bond acceptors (Lipinski definition) is 4. The van der Waals surface area contributed by atoms with E-state index >= 15 is 0 Å². The van der Waals surface area contributed by atoms with Crippen LogP contribution in [0.15, 0.2) is 45.8 Å². The Balaban J connectivity index is 1.89. The average Bonchev–Trinajstić information content (AvgIpc) is 3.05. The number of allylic oxidation sites excluding steroid dienone is 1. The van der Waals surface area contributed by atoms with Gasteiger partial charge >= 0.3 is 0 Å². The fraction of sp³-hybridized carbons (Fsp3) is 0.200. The Bertz CT molecular complexity index is 1100. The van der Waals surface area contributed by atoms with Crippen molar-refractivity contribution in [3.05, 3.63) is 68.2 Å². The molecule has 0 unspecified atom stereocenters. The molecule has 5 nitrogen and oxygen atoms in total. The Kier molecular flexibility index (Phi) is 4.28. The number of pyridine rings is 1. The molecule has 6 heteroatoms. The molecule has 0 spiro atoms. The van der Waals surface area contributed by atoms with Crippen molar-refractivity contribution < 1.29 is 9.47 Å². The SMILES string of the molecule is COc1cccc(/C=C2\CCc3c2nc2ccc(Br)cn2c3=O)c1OC. The second-order valence-electron chi connectivity index (χ2n) is 6.07. The van der Waals surface area contributed by atoms with E-state index in [1.165, 1.54) is 0 Å². The number of para-hydroxylation sites is 1. The van der Waals surface area contributed by atoms with Gasteiger partial charge in [0.25, 0.3) is 5.56 Å². The monoisotopic (exact) mass is 412 g/mol. The average molecular weight is 413 g/mol. The van der Waals surface area contributed by atoms with E-state index in [-0.39, 0.29) is 5.56 Å². The molecule has 0 saturated carbocycles. The molecule has 0 saturated heterocycles. The van der Waals surface area contributed by atoms with Crippen molar-refractivity contribution in [2.45, 2.75) is 12.8 Å². The number of benzene rings is 1. The van der Waals surface area contributed by atoms with Gasteiger partial charge in [-0.15, -0.1) is 0 Å². The van der Waals surface area contributed by atoms with Gasteiger partial charge in [0.05, 0.1) is 19.9 Å². The van der Waals surface area contributed by atoms with Crippen molar-refractivity contribution in [2.75, 3.05) is 14.2 Å². The van der Waals surface area contributed by atoms with Gasteiger partial charge in [-0.2, -0.15) is 0 Å². The van der Waals surface area contributed by atoms with Gasteiger partial charge in [0.2, 0.25) is 0 Å². The largest absolute Gasteiger partial charge is 0.493 e. The maximum absolute atomic E-state index is 12.8. The van der Waals surface area contributed by atoms with Gasteiger partial charge < -0.3 is 9.47 Å². The van der Waals surface area contributed by atoms with Crippen molar-refractivity contribution in [1.82, 2.24) is 9.38 Å². The van der Waals surface area contributed by atoms with E-state index in [1.807, 2.05) is 36.4 Å². The molecule has 2 heterocycles. The molecule has 1 aliphatic rings. The van der Waals surface area contributed by atoms with Crippen molar-refractivity contribution >= 4 is 33.2 Å². The van der Waals surface area contributed by atoms with Crippen molar-refractivity contribution in [1.29, 1.82) is 0 Å². The molecule has 0 amide bonds. The highest BCUT2D eigenvalue weighted by Gasteiger charge is 2.23. The van der Waals surface area contributed by atoms with Crippen LogP contribution in [0.5, 0.6) is 11.5 Å². The standard InChI is InChI=1S/C20H17BrN2O3/c1-25-16-5-3-4-13(19(16)26-2)10-12-6-8-15-18(12)22-17-9-7-14(21)11-23(17)20(15)24/h3-5,7,9-11H,6,8H2,1-2H3/b12-10+. The highest BCUT2D eigenvalue weighted by Crippen LogP contribution is 2.36. The molecule has 0 radical (unpaired) electrons. The van der Waals surface area contributed by atoms with E-state index in [9.17, 15) is 4.79 Å². The van der Waals surface area contributed by atoms with E-state index in [0.717, 1.165) is 33.3 Å². The predicted octanol–water partition coefficient (Wildman–Crippen LogP) is 3.96. The minimum Gasteiger partial charge on any atom is -0.493 e. The Morgan fingerprint density at radius 1 is 1.15 bits per heavy atom. The zero-order valence-corrected chi connectivity index (χ0v) is 16.0. The fourth-order valence-corrected chi connectivity index (χ4v) is 3.71. The molecule has 26 heavy (non-hydrogen) atoms. The van der Waals surface area contributed by atoms with Gasteiger partial charge in [0.1, 0.15) is 5.65 Å². The van der Waals surface area contributed by atoms with Crippen molar-refractivity contribution in [2.24, 2.45) is 0 Å². The number of hydrogen-bond donors (Lipinski definition) is 0. The van der Waals surface area contributed by atoms with E-state index in [0.29, 0.717) is 23.6 Å². The minimum atomic E-state index is -0.00712. The van der Waals surface area contributed by atoms with Gasteiger partial charge in [-0.1, -0.05) is 12.1 Å². The number of aromatic nitrogens is 2. The normalized spacial score (nSPS) is 14.7. The summed E-state index contributed by atoms with van der Waals surface area (Å²) in [5.74, 6) is 1.36. The lowest BCUT2D eigenvalue weighted by Crippen LogP contribution is -2.19. The van der Waals surface area contributed by atoms with E-state index in [1.54, 1.807) is 24.8 Å². The molecule has 1 aliphatic carbocycles. The Hall–Kier alpha value is -2.60. The number of fused-ring (bicyclic) bond motifs is 2. The molecule has 0 bridgehead atoms. The summed E-state index contributed by atoms with van der Waals surface area (Å²) < 4.78 is 13.3. The summed E-state index contributed by atoms with van der Waals surface area (Å²) in [4.78, 5) is 17.6. The van der Waals surface area contributed by atoms with Crippen molar-refractivity contribution in [3.8, 4) is 11.5 Å². The maximum atomic E-state index is 12.8. The molecule has 3 aromatic rings. The second kappa shape index (κ2) is 6.61. The number of methoxy groups -OCH3 is 2.